The summed E-state index contributed by atoms with van der Waals surface area (Å²) in [5, 5.41) is 4.26. The minimum atomic E-state index is -0.0189. The van der Waals surface area contributed by atoms with Crippen molar-refractivity contribution < 1.29 is 0 Å². The minimum absolute atomic E-state index is 0.0189. The number of pyridine rings is 4. The Hall–Kier alpha value is -3.46. The molecule has 1 aliphatic rings. The van der Waals surface area contributed by atoms with Crippen LogP contribution in [0, 0.1) is 0 Å². The molecule has 1 fully saturated rings. The van der Waals surface area contributed by atoms with Gasteiger partial charge < -0.3 is 15.2 Å². The third-order valence-electron chi connectivity index (χ3n) is 6.59. The van der Waals surface area contributed by atoms with E-state index in [0.717, 1.165) is 71.6 Å². The van der Waals surface area contributed by atoms with Crippen LogP contribution in [0.3, 0.4) is 0 Å². The lowest BCUT2D eigenvalue weighted by molar-refractivity contribution is 0.250. The molecule has 0 amide bonds. The number of hydrogen-bond acceptors (Lipinski definition) is 7. The summed E-state index contributed by atoms with van der Waals surface area (Å²) in [6.45, 7) is 6.60. The Morgan fingerprint density at radius 3 is 2.70 bits per heavy atom. The lowest BCUT2D eigenvalue weighted by Crippen LogP contribution is -2.47. The van der Waals surface area contributed by atoms with Gasteiger partial charge in [-0.1, -0.05) is 12.4 Å². The van der Waals surface area contributed by atoms with Crippen molar-refractivity contribution >= 4 is 46.8 Å². The van der Waals surface area contributed by atoms with E-state index >= 15 is 0 Å². The second-order valence-corrected chi connectivity index (χ2v) is 8.59. The highest BCUT2D eigenvalue weighted by molar-refractivity contribution is 6.42. The van der Waals surface area contributed by atoms with E-state index in [2.05, 4.69) is 44.0 Å². The van der Waals surface area contributed by atoms with Crippen molar-refractivity contribution in [2.24, 2.45) is 0 Å². The van der Waals surface area contributed by atoms with Crippen LogP contribution < -0.4 is 21.2 Å². The van der Waals surface area contributed by atoms with Crippen molar-refractivity contribution in [2.75, 3.05) is 43.4 Å². The van der Waals surface area contributed by atoms with Crippen LogP contribution in [0.2, 0.25) is 0 Å². The molecule has 5 rings (SSSR count). The molecule has 5 heterocycles. The Kier molecular flexibility index (Phi) is 5.72. The molecule has 2 N–H and O–H groups in total. The predicted octanol–water partition coefficient (Wildman–Crippen LogP) is 1.05. The summed E-state index contributed by atoms with van der Waals surface area (Å²) >= 11 is 0. The smallest absolute Gasteiger partial charge is 0.251 e. The number of rotatable bonds is 5. The first-order valence-electron chi connectivity index (χ1n) is 11.5. The van der Waals surface area contributed by atoms with Crippen LogP contribution in [0.5, 0.6) is 0 Å². The first kappa shape index (κ1) is 21.4. The third-order valence-corrected chi connectivity index (χ3v) is 6.59. The Labute approximate surface area is 193 Å². The fourth-order valence-corrected chi connectivity index (χ4v) is 4.67. The third kappa shape index (κ3) is 4.04. The number of piperazine rings is 1. The molecule has 8 nitrogen and oxygen atoms in total. The van der Waals surface area contributed by atoms with Crippen LogP contribution in [0.4, 0.5) is 11.5 Å². The van der Waals surface area contributed by atoms with Gasteiger partial charge in [-0.3, -0.25) is 19.7 Å². The molecule has 1 saturated heterocycles. The van der Waals surface area contributed by atoms with Crippen molar-refractivity contribution in [2.45, 2.75) is 19.9 Å². The van der Waals surface area contributed by atoms with Crippen LogP contribution in [-0.4, -0.2) is 65.9 Å². The van der Waals surface area contributed by atoms with E-state index in [9.17, 15) is 4.79 Å². The second-order valence-electron chi connectivity index (χ2n) is 8.59. The van der Waals surface area contributed by atoms with Crippen LogP contribution in [0.15, 0.2) is 41.6 Å². The van der Waals surface area contributed by atoms with Crippen molar-refractivity contribution in [1.29, 1.82) is 0 Å². The van der Waals surface area contributed by atoms with Crippen LogP contribution >= 0.6 is 0 Å². The van der Waals surface area contributed by atoms with Crippen LogP contribution in [-0.2, 0) is 13.0 Å². The van der Waals surface area contributed by atoms with E-state index in [1.807, 2.05) is 44.7 Å². The number of aromatic amines is 1. The van der Waals surface area contributed by atoms with Gasteiger partial charge in [-0.2, -0.15) is 0 Å². The normalized spacial score (nSPS) is 14.8. The van der Waals surface area contributed by atoms with Crippen molar-refractivity contribution in [3.8, 4) is 0 Å². The highest BCUT2D eigenvalue weighted by Crippen LogP contribution is 2.22. The van der Waals surface area contributed by atoms with Gasteiger partial charge in [0.05, 0.1) is 17.2 Å². The number of hydrogen-bond donors (Lipinski definition) is 2. The van der Waals surface area contributed by atoms with Gasteiger partial charge in [0.15, 0.2) is 5.82 Å². The minimum Gasteiger partial charge on any atom is -0.371 e. The fraction of sp³-hybridized carbons (Fsp3) is 0.333. The highest BCUT2D eigenvalue weighted by Gasteiger charge is 2.20. The lowest BCUT2D eigenvalue weighted by Gasteiger charge is -2.37. The van der Waals surface area contributed by atoms with E-state index in [-0.39, 0.29) is 5.56 Å². The molecule has 0 aliphatic carbocycles. The van der Waals surface area contributed by atoms with Crippen molar-refractivity contribution in [3.05, 3.63) is 58.3 Å². The zero-order chi connectivity index (χ0) is 22.9. The molecular weight excluding hydrogens is 413 g/mol. The monoisotopic (exact) mass is 441 g/mol. The van der Waals surface area contributed by atoms with Crippen LogP contribution in [0.1, 0.15) is 18.1 Å². The zero-order valence-corrected chi connectivity index (χ0v) is 19.4. The molecule has 4 aromatic rings. The van der Waals surface area contributed by atoms with E-state index in [4.69, 9.17) is 4.98 Å². The van der Waals surface area contributed by atoms with Gasteiger partial charge in [0.2, 0.25) is 0 Å². The molecule has 0 atom stereocenters. The number of aryl methyl sites for hydroxylation is 1. The lowest BCUT2D eigenvalue weighted by atomic mass is 9.90. The Balaban J connectivity index is 1.29. The van der Waals surface area contributed by atoms with Gasteiger partial charge in [-0.15, -0.1) is 0 Å². The summed E-state index contributed by atoms with van der Waals surface area (Å²) in [6, 6.07) is 5.99. The maximum absolute atomic E-state index is 12.2. The molecule has 1 aliphatic heterocycles. The summed E-state index contributed by atoms with van der Waals surface area (Å²) in [6.07, 6.45) is 6.44. The van der Waals surface area contributed by atoms with E-state index in [1.165, 1.54) is 11.2 Å². The summed E-state index contributed by atoms with van der Waals surface area (Å²) in [4.78, 5) is 33.7. The molecule has 168 valence electrons. The van der Waals surface area contributed by atoms with Gasteiger partial charge >= 0.3 is 0 Å². The summed E-state index contributed by atoms with van der Waals surface area (Å²) in [5.74, 6) is 0.809. The van der Waals surface area contributed by atoms with Gasteiger partial charge in [-0.25, -0.2) is 4.98 Å². The maximum atomic E-state index is 12.2. The largest absolute Gasteiger partial charge is 0.371 e. The number of nitrogens with one attached hydrogen (secondary N) is 2. The molecule has 4 aromatic heterocycles. The fourth-order valence-electron chi connectivity index (χ4n) is 4.67. The summed E-state index contributed by atoms with van der Waals surface area (Å²) in [7, 11) is 4.04. The van der Waals surface area contributed by atoms with Gasteiger partial charge in [0, 0.05) is 68.8 Å². The predicted molar refractivity (Wildman–Crippen MR) is 136 cm³/mol. The Morgan fingerprint density at radius 2 is 1.94 bits per heavy atom. The molecular formula is C24H28BN7O. The molecule has 0 aromatic carbocycles. The van der Waals surface area contributed by atoms with Gasteiger partial charge in [0.25, 0.3) is 5.56 Å². The highest BCUT2D eigenvalue weighted by atomic mass is 16.1. The summed E-state index contributed by atoms with van der Waals surface area (Å²) < 4.78 is 0. The molecule has 33 heavy (non-hydrogen) atoms. The van der Waals surface area contributed by atoms with E-state index in [0.29, 0.717) is 6.42 Å². The van der Waals surface area contributed by atoms with Crippen molar-refractivity contribution in [3.63, 3.8) is 0 Å². The molecule has 0 spiro atoms. The van der Waals surface area contributed by atoms with Crippen LogP contribution in [0.25, 0.3) is 21.9 Å². The SMILES string of the molecule is Bc1c(N2CCN(Cc3cnc4cc(CC)c(=O)[nH]c4c3)CC2)cnc2c(NC)nccc12. The first-order chi connectivity index (χ1) is 16.1. The number of nitrogens with zero attached hydrogens (tertiary/aromatic N) is 5. The van der Waals surface area contributed by atoms with Crippen molar-refractivity contribution in [1.82, 2.24) is 24.8 Å². The molecule has 0 unspecified atom stereocenters. The topological polar surface area (TPSA) is 90.0 Å². The van der Waals surface area contributed by atoms with Gasteiger partial charge in [-0.05, 0) is 30.2 Å². The Morgan fingerprint density at radius 1 is 1.12 bits per heavy atom. The second kappa shape index (κ2) is 8.82. The average Bonchev–Trinajstić information content (AvgIpc) is 2.84. The number of aromatic nitrogens is 4. The standard InChI is InChI=1S/C24H28BN7O/c1-3-16-11-18-19(30-24(16)33)10-15(12-28-18)14-31-6-8-32(9-7-31)20-13-29-22-17(21(20)25)4-5-27-23(22)26-2/h4-5,10-13H,3,6-9,14,25H2,1-2H3,(H,26,27)(H,30,33). The Bertz CT molecular complexity index is 1380. The maximum Gasteiger partial charge on any atom is 0.251 e. The zero-order valence-electron chi connectivity index (χ0n) is 19.4. The number of H-pyrrole nitrogens is 1. The summed E-state index contributed by atoms with van der Waals surface area (Å²) in [5.41, 5.74) is 6.86. The molecule has 9 heteroatoms. The molecule has 0 bridgehead atoms. The molecule has 0 radical (unpaired) electrons. The average molecular weight is 441 g/mol. The van der Waals surface area contributed by atoms with E-state index in [1.54, 1.807) is 0 Å². The number of fused-ring (bicyclic) bond motifs is 2. The quantitative estimate of drug-likeness (QED) is 0.448. The van der Waals surface area contributed by atoms with E-state index < -0.39 is 0 Å². The first-order valence-corrected chi connectivity index (χ1v) is 11.5. The molecule has 0 saturated carbocycles. The number of anilines is 2. The van der Waals surface area contributed by atoms with Gasteiger partial charge in [0.1, 0.15) is 13.4 Å².